The molecule has 0 radical (unpaired) electrons. The first-order valence-corrected chi connectivity index (χ1v) is 9.81. The molecule has 2 aromatic carbocycles. The van der Waals surface area contributed by atoms with E-state index < -0.39 is 5.91 Å². The van der Waals surface area contributed by atoms with Crippen molar-refractivity contribution in [3.63, 3.8) is 0 Å². The van der Waals surface area contributed by atoms with Gasteiger partial charge < -0.3 is 14.0 Å². The van der Waals surface area contributed by atoms with Crippen LogP contribution < -0.4 is 9.54 Å². The highest BCUT2D eigenvalue weighted by Gasteiger charge is 2.13. The van der Waals surface area contributed by atoms with Crippen molar-refractivity contribution < 1.29 is 19.1 Å². The molecule has 1 aromatic heterocycles. The van der Waals surface area contributed by atoms with E-state index in [-0.39, 0.29) is 19.1 Å². The fraction of sp³-hybridized carbons (Fsp3) is 0.286. The summed E-state index contributed by atoms with van der Waals surface area (Å²) in [5, 5.41) is 0. The number of thiazole rings is 1. The Bertz CT molecular complexity index is 1080. The molecule has 0 fully saturated rings. The Hall–Kier alpha value is -2.93. The predicted molar refractivity (Wildman–Crippen MR) is 108 cm³/mol. The number of nitrogens with zero attached hydrogens (tertiary/aromatic N) is 2. The van der Waals surface area contributed by atoms with Crippen LogP contribution in [-0.2, 0) is 20.9 Å². The van der Waals surface area contributed by atoms with E-state index in [2.05, 4.69) is 4.99 Å². The molecule has 0 spiro atoms. The molecule has 0 saturated carbocycles. The third-order valence-electron chi connectivity index (χ3n) is 4.10. The molecule has 1 heterocycles. The van der Waals surface area contributed by atoms with E-state index in [1.807, 2.05) is 56.3 Å². The zero-order chi connectivity index (χ0) is 20.1. The first-order chi connectivity index (χ1) is 13.5. The number of aryl methyl sites for hydroxylation is 2. The number of amides is 1. The number of esters is 1. The number of carbonyl (C=O) groups excluding carboxylic acids is 2. The standard InChI is InChI=1S/C21H22N2O4S/c1-4-26-20(25)12-23-16-10-9-14(2)11-18(16)28-21(23)22-19(24)13-27-17-8-6-5-7-15(17)3/h5-11H,4,12-13H2,1-3H3. The highest BCUT2D eigenvalue weighted by atomic mass is 32.1. The molecule has 3 aromatic rings. The molecule has 6 nitrogen and oxygen atoms in total. The average molecular weight is 398 g/mol. The van der Waals surface area contributed by atoms with Gasteiger partial charge in [0.05, 0.1) is 16.8 Å². The summed E-state index contributed by atoms with van der Waals surface area (Å²) in [6, 6.07) is 13.4. The lowest BCUT2D eigenvalue weighted by molar-refractivity contribution is -0.143. The number of hydrogen-bond donors (Lipinski definition) is 0. The summed E-state index contributed by atoms with van der Waals surface area (Å²) in [7, 11) is 0. The van der Waals surface area contributed by atoms with Crippen LogP contribution in [0.2, 0.25) is 0 Å². The van der Waals surface area contributed by atoms with Crippen molar-refractivity contribution >= 4 is 33.4 Å². The van der Waals surface area contributed by atoms with Crippen molar-refractivity contribution in [1.29, 1.82) is 0 Å². The summed E-state index contributed by atoms with van der Waals surface area (Å²) < 4.78 is 13.3. The van der Waals surface area contributed by atoms with Crippen LogP contribution in [0.25, 0.3) is 10.2 Å². The molecule has 28 heavy (non-hydrogen) atoms. The van der Waals surface area contributed by atoms with Crippen molar-refractivity contribution in [2.45, 2.75) is 27.3 Å². The molecule has 1 amide bonds. The van der Waals surface area contributed by atoms with Crippen molar-refractivity contribution in [3.8, 4) is 5.75 Å². The Balaban J connectivity index is 1.90. The highest BCUT2D eigenvalue weighted by Crippen LogP contribution is 2.19. The fourth-order valence-electron chi connectivity index (χ4n) is 2.75. The van der Waals surface area contributed by atoms with E-state index in [1.165, 1.54) is 11.3 Å². The average Bonchev–Trinajstić information content (AvgIpc) is 2.97. The maximum atomic E-state index is 12.4. The van der Waals surface area contributed by atoms with Gasteiger partial charge in [-0.05, 0) is 50.1 Å². The number of rotatable bonds is 6. The van der Waals surface area contributed by atoms with Crippen molar-refractivity contribution in [2.75, 3.05) is 13.2 Å². The second-order valence-electron chi connectivity index (χ2n) is 6.31. The largest absolute Gasteiger partial charge is 0.483 e. The monoisotopic (exact) mass is 398 g/mol. The number of carbonyl (C=O) groups is 2. The van der Waals surface area contributed by atoms with Crippen LogP contribution in [0.5, 0.6) is 5.75 Å². The van der Waals surface area contributed by atoms with Gasteiger partial charge in [-0.15, -0.1) is 0 Å². The summed E-state index contributed by atoms with van der Waals surface area (Å²) in [6.07, 6.45) is 0. The van der Waals surface area contributed by atoms with Gasteiger partial charge >= 0.3 is 5.97 Å². The molecule has 0 atom stereocenters. The van der Waals surface area contributed by atoms with E-state index in [1.54, 1.807) is 11.5 Å². The summed E-state index contributed by atoms with van der Waals surface area (Å²) in [6.45, 7) is 5.80. The van der Waals surface area contributed by atoms with Crippen LogP contribution in [0, 0.1) is 13.8 Å². The molecule has 0 aliphatic carbocycles. The van der Waals surface area contributed by atoms with E-state index in [0.717, 1.165) is 21.3 Å². The number of ether oxygens (including phenoxy) is 2. The number of para-hydroxylation sites is 1. The molecule has 0 unspecified atom stereocenters. The lowest BCUT2D eigenvalue weighted by atomic mass is 10.2. The molecule has 0 aliphatic rings. The predicted octanol–water partition coefficient (Wildman–Crippen LogP) is 3.39. The third-order valence-corrected chi connectivity index (χ3v) is 5.14. The lowest BCUT2D eigenvalue weighted by Crippen LogP contribution is -2.24. The number of hydrogen-bond acceptors (Lipinski definition) is 5. The minimum atomic E-state index is -0.413. The smallest absolute Gasteiger partial charge is 0.326 e. The molecule has 0 bridgehead atoms. The third kappa shape index (κ3) is 4.67. The normalized spacial score (nSPS) is 11.6. The van der Waals surface area contributed by atoms with Gasteiger partial charge in [0.2, 0.25) is 0 Å². The lowest BCUT2D eigenvalue weighted by Gasteiger charge is -2.07. The van der Waals surface area contributed by atoms with Gasteiger partial charge in [-0.25, -0.2) is 0 Å². The number of fused-ring (bicyclic) bond motifs is 1. The molecule has 0 aliphatic heterocycles. The summed E-state index contributed by atoms with van der Waals surface area (Å²) in [5.74, 6) is -0.130. The second kappa shape index (κ2) is 8.84. The topological polar surface area (TPSA) is 69.9 Å². The Morgan fingerprint density at radius 1 is 1.14 bits per heavy atom. The Morgan fingerprint density at radius 3 is 2.68 bits per heavy atom. The molecular weight excluding hydrogens is 376 g/mol. The van der Waals surface area contributed by atoms with Gasteiger partial charge in [0.15, 0.2) is 11.4 Å². The van der Waals surface area contributed by atoms with E-state index in [4.69, 9.17) is 9.47 Å². The van der Waals surface area contributed by atoms with Gasteiger partial charge in [-0.1, -0.05) is 35.6 Å². The first kappa shape index (κ1) is 19.8. The van der Waals surface area contributed by atoms with Gasteiger partial charge in [0.25, 0.3) is 5.91 Å². The van der Waals surface area contributed by atoms with Gasteiger partial charge in [0.1, 0.15) is 12.3 Å². The molecule has 7 heteroatoms. The van der Waals surface area contributed by atoms with Gasteiger partial charge in [0, 0.05) is 0 Å². The zero-order valence-corrected chi connectivity index (χ0v) is 16.9. The van der Waals surface area contributed by atoms with Crippen molar-refractivity contribution in [2.24, 2.45) is 4.99 Å². The minimum absolute atomic E-state index is 0.00165. The molecule has 146 valence electrons. The molecule has 0 N–H and O–H groups in total. The Labute approximate surface area is 167 Å². The van der Waals surface area contributed by atoms with Crippen LogP contribution in [0.15, 0.2) is 47.5 Å². The van der Waals surface area contributed by atoms with Gasteiger partial charge in [-0.2, -0.15) is 4.99 Å². The highest BCUT2D eigenvalue weighted by molar-refractivity contribution is 7.16. The molecule has 0 saturated heterocycles. The quantitative estimate of drug-likeness (QED) is 0.597. The van der Waals surface area contributed by atoms with Gasteiger partial charge in [-0.3, -0.25) is 9.59 Å². The van der Waals surface area contributed by atoms with E-state index >= 15 is 0 Å². The van der Waals surface area contributed by atoms with Crippen LogP contribution in [-0.4, -0.2) is 29.7 Å². The van der Waals surface area contributed by atoms with Crippen molar-refractivity contribution in [1.82, 2.24) is 4.57 Å². The molecular formula is C21H22N2O4S. The fourth-order valence-corrected chi connectivity index (χ4v) is 3.90. The summed E-state index contributed by atoms with van der Waals surface area (Å²) >= 11 is 1.36. The molecule has 3 rings (SSSR count). The number of aromatic nitrogens is 1. The van der Waals surface area contributed by atoms with Crippen LogP contribution in [0.4, 0.5) is 0 Å². The Kier molecular flexibility index (Phi) is 6.26. The van der Waals surface area contributed by atoms with Crippen LogP contribution >= 0.6 is 11.3 Å². The van der Waals surface area contributed by atoms with E-state index in [0.29, 0.717) is 17.2 Å². The van der Waals surface area contributed by atoms with Crippen LogP contribution in [0.1, 0.15) is 18.1 Å². The SMILES string of the molecule is CCOC(=O)Cn1c(=NC(=O)COc2ccccc2C)sc2cc(C)ccc21. The zero-order valence-electron chi connectivity index (χ0n) is 16.1. The summed E-state index contributed by atoms with van der Waals surface area (Å²) in [5.41, 5.74) is 2.89. The first-order valence-electron chi connectivity index (χ1n) is 8.99. The second-order valence-corrected chi connectivity index (χ2v) is 7.32. The maximum absolute atomic E-state index is 12.4. The minimum Gasteiger partial charge on any atom is -0.483 e. The summed E-state index contributed by atoms with van der Waals surface area (Å²) in [4.78, 5) is 29.1. The number of benzene rings is 2. The van der Waals surface area contributed by atoms with E-state index in [9.17, 15) is 9.59 Å². The van der Waals surface area contributed by atoms with Crippen molar-refractivity contribution in [3.05, 3.63) is 58.4 Å². The van der Waals surface area contributed by atoms with Crippen LogP contribution in [0.3, 0.4) is 0 Å². The Morgan fingerprint density at radius 2 is 1.93 bits per heavy atom. The maximum Gasteiger partial charge on any atom is 0.326 e.